The molecule has 0 fully saturated rings. The highest BCUT2D eigenvalue weighted by atomic mass is 16.6. The molecule has 0 aliphatic heterocycles. The van der Waals surface area contributed by atoms with Gasteiger partial charge in [-0.15, -0.1) is 0 Å². The summed E-state index contributed by atoms with van der Waals surface area (Å²) < 4.78 is 5.02. The molecule has 6 nitrogen and oxygen atoms in total. The topological polar surface area (TPSA) is 92.7 Å². The van der Waals surface area contributed by atoms with Gasteiger partial charge in [-0.3, -0.25) is 9.59 Å². The molecule has 6 heteroatoms. The lowest BCUT2D eigenvalue weighted by molar-refractivity contribution is -0.154. The predicted molar refractivity (Wildman–Crippen MR) is 60.2 cm³/mol. The number of nitrogens with one attached hydrogen (secondary N) is 1. The summed E-state index contributed by atoms with van der Waals surface area (Å²) in [5.74, 6) is -2.18. The van der Waals surface area contributed by atoms with Crippen LogP contribution in [0.3, 0.4) is 0 Å². The summed E-state index contributed by atoms with van der Waals surface area (Å²) in [6.07, 6.45) is 1.66. The number of ether oxygens (including phenoxy) is 1. The minimum absolute atomic E-state index is 0.0456. The van der Waals surface area contributed by atoms with Gasteiger partial charge in [0.05, 0.1) is 6.42 Å². The first-order valence-electron chi connectivity index (χ1n) is 5.11. The zero-order chi connectivity index (χ0) is 13.5. The highest BCUT2D eigenvalue weighted by Crippen LogP contribution is 2.07. The summed E-state index contributed by atoms with van der Waals surface area (Å²) in [5.41, 5.74) is -0.551. The number of carbonyl (C=O) groups is 3. The van der Waals surface area contributed by atoms with E-state index < -0.39 is 23.4 Å². The van der Waals surface area contributed by atoms with E-state index in [1.165, 1.54) is 0 Å². The van der Waals surface area contributed by atoms with E-state index in [9.17, 15) is 14.4 Å². The van der Waals surface area contributed by atoms with Crippen molar-refractivity contribution in [2.75, 3.05) is 6.54 Å². The average molecular weight is 243 g/mol. The van der Waals surface area contributed by atoms with Crippen LogP contribution in [0.4, 0.5) is 0 Å². The third-order valence-electron chi connectivity index (χ3n) is 1.43. The van der Waals surface area contributed by atoms with Gasteiger partial charge in [0.25, 0.3) is 0 Å². The fourth-order valence-corrected chi connectivity index (χ4v) is 0.886. The van der Waals surface area contributed by atoms with E-state index in [1.807, 2.05) is 0 Å². The van der Waals surface area contributed by atoms with Crippen LogP contribution in [0.1, 0.15) is 27.2 Å². The van der Waals surface area contributed by atoms with Gasteiger partial charge in [-0.2, -0.15) is 0 Å². The van der Waals surface area contributed by atoms with Crippen molar-refractivity contribution >= 4 is 17.8 Å². The largest absolute Gasteiger partial charge is 0.478 e. The van der Waals surface area contributed by atoms with E-state index in [4.69, 9.17) is 9.84 Å². The Morgan fingerprint density at radius 1 is 1.24 bits per heavy atom. The van der Waals surface area contributed by atoms with E-state index >= 15 is 0 Å². The Hall–Kier alpha value is -1.85. The minimum Gasteiger partial charge on any atom is -0.478 e. The maximum atomic E-state index is 11.2. The molecule has 0 unspecified atom stereocenters. The monoisotopic (exact) mass is 243 g/mol. The number of rotatable bonds is 5. The third kappa shape index (κ3) is 10.4. The molecule has 0 aromatic carbocycles. The number of hydrogen-bond acceptors (Lipinski definition) is 4. The summed E-state index contributed by atoms with van der Waals surface area (Å²) in [5, 5.41) is 10.6. The molecule has 0 rings (SSSR count). The zero-order valence-electron chi connectivity index (χ0n) is 10.1. The van der Waals surface area contributed by atoms with Crippen LogP contribution >= 0.6 is 0 Å². The fraction of sp³-hybridized carbons (Fsp3) is 0.545. The molecule has 1 amide bonds. The van der Waals surface area contributed by atoms with E-state index in [-0.39, 0.29) is 13.0 Å². The van der Waals surface area contributed by atoms with Crippen molar-refractivity contribution in [2.45, 2.75) is 32.8 Å². The van der Waals surface area contributed by atoms with Gasteiger partial charge in [-0.25, -0.2) is 4.79 Å². The standard InChI is InChI=1S/C11H17NO5/c1-11(2,3)17-10(16)6-7-12-8(13)4-5-9(14)15/h4-5H,6-7H2,1-3H3,(H,12,13)(H,14,15). The number of carbonyl (C=O) groups excluding carboxylic acids is 2. The smallest absolute Gasteiger partial charge is 0.328 e. The quantitative estimate of drug-likeness (QED) is 0.541. The van der Waals surface area contributed by atoms with Crippen LogP contribution in [0.2, 0.25) is 0 Å². The van der Waals surface area contributed by atoms with Crippen LogP contribution < -0.4 is 5.32 Å². The van der Waals surface area contributed by atoms with Crippen molar-refractivity contribution in [3.8, 4) is 0 Å². The molecule has 0 aromatic heterocycles. The van der Waals surface area contributed by atoms with E-state index in [0.29, 0.717) is 0 Å². The van der Waals surface area contributed by atoms with Gasteiger partial charge in [0.2, 0.25) is 5.91 Å². The second kappa shape index (κ2) is 6.67. The molecule has 0 bridgehead atoms. The molecule has 0 saturated heterocycles. The maximum absolute atomic E-state index is 11.2. The lowest BCUT2D eigenvalue weighted by atomic mass is 10.2. The molecule has 0 radical (unpaired) electrons. The van der Waals surface area contributed by atoms with E-state index in [0.717, 1.165) is 12.2 Å². The number of amides is 1. The summed E-state index contributed by atoms with van der Waals surface area (Å²) in [6, 6.07) is 0. The van der Waals surface area contributed by atoms with Crippen molar-refractivity contribution in [3.05, 3.63) is 12.2 Å². The van der Waals surface area contributed by atoms with Crippen molar-refractivity contribution < 1.29 is 24.2 Å². The van der Waals surface area contributed by atoms with Crippen molar-refractivity contribution in [1.29, 1.82) is 0 Å². The SMILES string of the molecule is CC(C)(C)OC(=O)CCNC(=O)C=CC(=O)O. The molecule has 0 heterocycles. The lowest BCUT2D eigenvalue weighted by Crippen LogP contribution is -2.28. The summed E-state index contributed by atoms with van der Waals surface area (Å²) in [6.45, 7) is 5.36. The summed E-state index contributed by atoms with van der Waals surface area (Å²) in [7, 11) is 0. The Labute approximate surface area is 99.6 Å². The van der Waals surface area contributed by atoms with Gasteiger partial charge in [0, 0.05) is 18.7 Å². The number of carboxylic acids is 1. The Morgan fingerprint density at radius 2 is 1.82 bits per heavy atom. The van der Waals surface area contributed by atoms with Crippen molar-refractivity contribution in [1.82, 2.24) is 5.32 Å². The highest BCUT2D eigenvalue weighted by molar-refractivity contribution is 5.93. The molecule has 17 heavy (non-hydrogen) atoms. The second-order valence-electron chi connectivity index (χ2n) is 4.30. The molecular weight excluding hydrogens is 226 g/mol. The first kappa shape index (κ1) is 15.2. The lowest BCUT2D eigenvalue weighted by Gasteiger charge is -2.19. The van der Waals surface area contributed by atoms with Crippen LogP contribution in [-0.2, 0) is 19.1 Å². The average Bonchev–Trinajstić information content (AvgIpc) is 2.11. The van der Waals surface area contributed by atoms with Crippen LogP contribution in [0.25, 0.3) is 0 Å². The Balaban J connectivity index is 3.81. The Kier molecular flexibility index (Phi) is 5.95. The van der Waals surface area contributed by atoms with Gasteiger partial charge in [-0.1, -0.05) is 0 Å². The number of hydrogen-bond donors (Lipinski definition) is 2. The Morgan fingerprint density at radius 3 is 2.29 bits per heavy atom. The predicted octanol–water partition coefficient (Wildman–Crippen LogP) is 0.475. The first-order chi connectivity index (χ1) is 7.70. The summed E-state index contributed by atoms with van der Waals surface area (Å²) in [4.78, 5) is 32.3. The molecule has 0 aliphatic rings. The van der Waals surface area contributed by atoms with Gasteiger partial charge < -0.3 is 15.2 Å². The van der Waals surface area contributed by atoms with Gasteiger partial charge in [0.1, 0.15) is 5.60 Å². The van der Waals surface area contributed by atoms with Crippen LogP contribution in [-0.4, -0.2) is 35.1 Å². The van der Waals surface area contributed by atoms with Crippen LogP contribution in [0.15, 0.2) is 12.2 Å². The van der Waals surface area contributed by atoms with E-state index in [2.05, 4.69) is 5.32 Å². The number of esters is 1. The molecular formula is C11H17NO5. The number of carboxylic acid groups (broad SMARTS) is 1. The first-order valence-corrected chi connectivity index (χ1v) is 5.11. The molecule has 96 valence electrons. The molecule has 0 spiro atoms. The molecule has 0 aliphatic carbocycles. The van der Waals surface area contributed by atoms with Gasteiger partial charge >= 0.3 is 11.9 Å². The summed E-state index contributed by atoms with van der Waals surface area (Å²) >= 11 is 0. The van der Waals surface area contributed by atoms with Crippen LogP contribution in [0, 0.1) is 0 Å². The zero-order valence-corrected chi connectivity index (χ0v) is 10.1. The Bertz CT molecular complexity index is 327. The normalized spacial score (nSPS) is 11.2. The second-order valence-corrected chi connectivity index (χ2v) is 4.30. The van der Waals surface area contributed by atoms with Crippen molar-refractivity contribution in [3.63, 3.8) is 0 Å². The number of aliphatic carboxylic acids is 1. The highest BCUT2D eigenvalue weighted by Gasteiger charge is 2.15. The minimum atomic E-state index is -1.20. The molecule has 0 atom stereocenters. The third-order valence-corrected chi connectivity index (χ3v) is 1.43. The molecule has 2 N–H and O–H groups in total. The maximum Gasteiger partial charge on any atom is 0.328 e. The fourth-order valence-electron chi connectivity index (χ4n) is 0.886. The van der Waals surface area contributed by atoms with Crippen LogP contribution in [0.5, 0.6) is 0 Å². The van der Waals surface area contributed by atoms with Gasteiger partial charge in [0.15, 0.2) is 0 Å². The van der Waals surface area contributed by atoms with Crippen molar-refractivity contribution in [2.24, 2.45) is 0 Å². The van der Waals surface area contributed by atoms with Gasteiger partial charge in [-0.05, 0) is 20.8 Å². The molecule has 0 saturated carbocycles. The van der Waals surface area contributed by atoms with E-state index in [1.54, 1.807) is 20.8 Å². The molecule has 0 aromatic rings.